The third-order valence-electron chi connectivity index (χ3n) is 22.3. The predicted molar refractivity (Wildman–Crippen MR) is 561 cm³/mol. The van der Waals surface area contributed by atoms with Crippen molar-refractivity contribution in [1.82, 2.24) is 95.1 Å². The van der Waals surface area contributed by atoms with Crippen molar-refractivity contribution in [3.05, 3.63) is 384 Å². The van der Waals surface area contributed by atoms with E-state index in [1.807, 2.05) is 250 Å². The Labute approximate surface area is 802 Å². The molecule has 0 saturated heterocycles. The van der Waals surface area contributed by atoms with Crippen LogP contribution < -0.4 is 0 Å². The van der Waals surface area contributed by atoms with Crippen molar-refractivity contribution in [2.45, 2.75) is 284 Å². The van der Waals surface area contributed by atoms with Crippen LogP contribution in [-0.2, 0) is 14.1 Å². The number of aryl methyl sites for hydroxylation is 40. The number of fused-ring (bicyclic) bond motifs is 2. The second-order valence-corrected chi connectivity index (χ2v) is 35.2. The lowest BCUT2D eigenvalue weighted by molar-refractivity contribution is 0.392. The SMILES string of the molecule is Cc1cc(C)[nH]n1.Cc1cc(C)c(C)c(C)n1.Cc1cc(C)c(C)nc1C.Cc1cc(C)nc(C)c1.Cc1cc(C)on1.Cc1cc2[nH]c(C)c(C)c2cc1C.Cc1ccc(C)nc1.Cc1ccn(C)n1.Cc1ccncc1C.Cc1cn(C)nc1C.Cc1cnc(C)c(C)c1.Cc1cnc2c(C)ccc(C)c2c1C.Cc1cncc(C)c1.Cc1n[nH]c(C)c1C.Cc1noc(C)c1C. The molecular weight excluding hydrogens is 1660 g/mol. The number of pyridine rings is 8. The van der Waals surface area contributed by atoms with Gasteiger partial charge in [0.2, 0.25) is 0 Å². The van der Waals surface area contributed by atoms with E-state index in [1.165, 1.54) is 145 Å². The summed E-state index contributed by atoms with van der Waals surface area (Å²) in [6, 6.07) is 33.4. The zero-order valence-corrected chi connectivity index (χ0v) is 89.4. The van der Waals surface area contributed by atoms with Gasteiger partial charge in [-0.05, 0) is 455 Å². The molecule has 2 aromatic carbocycles. The van der Waals surface area contributed by atoms with Gasteiger partial charge in [0.15, 0.2) is 0 Å². The number of H-pyrrole nitrogens is 3. The average molecular weight is 1810 g/mol. The van der Waals surface area contributed by atoms with Gasteiger partial charge in [0, 0.05) is 160 Å². The Morgan fingerprint density at radius 1 is 0.284 bits per heavy atom. The molecule has 17 rings (SSSR count). The van der Waals surface area contributed by atoms with E-state index >= 15 is 0 Å². The lowest BCUT2D eigenvalue weighted by Gasteiger charge is -2.09. The summed E-state index contributed by atoms with van der Waals surface area (Å²) in [5.41, 5.74) is 49.4. The average Bonchev–Trinajstić information content (AvgIpc) is 0.984. The highest BCUT2D eigenvalue weighted by molar-refractivity contribution is 5.88. The third-order valence-corrected chi connectivity index (χ3v) is 22.3. The number of nitrogens with one attached hydrogen (secondary N) is 3. The summed E-state index contributed by atoms with van der Waals surface area (Å²) in [4.78, 5) is 37.0. The molecule has 0 fully saturated rings. The summed E-state index contributed by atoms with van der Waals surface area (Å²) in [5, 5.41) is 31.8. The maximum Gasteiger partial charge on any atom is 0.136 e. The van der Waals surface area contributed by atoms with Crippen molar-refractivity contribution in [1.29, 1.82) is 0 Å². The largest absolute Gasteiger partial charge is 0.361 e. The van der Waals surface area contributed by atoms with Crippen LogP contribution in [-0.4, -0.2) is 95.1 Å². The molecule has 21 nitrogen and oxygen atoms in total. The number of benzene rings is 2. The van der Waals surface area contributed by atoms with Gasteiger partial charge >= 0.3 is 0 Å². The first-order chi connectivity index (χ1) is 62.7. The number of aromatic amines is 3. The van der Waals surface area contributed by atoms with Gasteiger partial charge in [-0.3, -0.25) is 59.4 Å². The predicted octanol–water partition coefficient (Wildman–Crippen LogP) is 27.6. The van der Waals surface area contributed by atoms with Crippen molar-refractivity contribution < 1.29 is 9.05 Å². The van der Waals surface area contributed by atoms with Crippen molar-refractivity contribution in [3.63, 3.8) is 0 Å². The molecule has 0 amide bonds. The van der Waals surface area contributed by atoms with Gasteiger partial charge in [-0.25, -0.2) is 0 Å². The molecule has 0 spiro atoms. The smallest absolute Gasteiger partial charge is 0.136 e. The van der Waals surface area contributed by atoms with Gasteiger partial charge in [0.05, 0.1) is 39.7 Å². The lowest BCUT2D eigenvalue weighted by atomic mass is 9.99. The van der Waals surface area contributed by atoms with Gasteiger partial charge < -0.3 is 14.0 Å². The highest BCUT2D eigenvalue weighted by atomic mass is 16.5. The summed E-state index contributed by atoms with van der Waals surface area (Å²) in [6.45, 7) is 83.9. The Morgan fingerprint density at radius 2 is 0.873 bits per heavy atom. The van der Waals surface area contributed by atoms with E-state index < -0.39 is 0 Å². The van der Waals surface area contributed by atoms with Crippen LogP contribution in [0.25, 0.3) is 21.8 Å². The Bertz CT molecular complexity index is 6010. The quantitative estimate of drug-likeness (QED) is 0.127. The standard InChI is InChI=1S/C13H15N.C12H15N.2C9H13N.2C8H11N.3C7H9N.2C6H10N2.C6H9NO.2C5H8N2.C5H7NO/c1-8-5-6-9(2)13-12(8)11(4)10(3)7-14-13;1-7-5-11-9(3)10(4)13-12(11)6-8(7)2;1-6-5-7(2)10-9(4)8(6)3;1-6-5-7(2)9(4)10-8(6)3;1-6-4-7(2)8(3)9-5-6;1-6-4-7(2)9-8(3)5-6;1-6-3-7(2)5-8-4-6;1-6-3-4-8-5-7(6)2;1-6-3-4-7(2)8-5-6;1-5-4-8(3)7-6(5)2;2*1-4-5(2)7-8-6(4)3;1-5-3-4-7(2)6-5;2*1-4-3-5(2)7-6-4/h5-7H,1-4H3;5-6,13H,1-4H3;2*5H,1-4H3;2*4-5H,1-3H3;3*3-5H,1-2H3;4H,1-3H3;1-3H3,(H,7,8);1-3H3;3-4H,1-2H3;3H,1-2H3,(H,6,7);3H,1-2H3. The molecule has 0 radical (unpaired) electrons. The van der Waals surface area contributed by atoms with Crippen LogP contribution in [0.15, 0.2) is 162 Å². The second-order valence-electron chi connectivity index (χ2n) is 35.2. The number of hydrogen-bond donors (Lipinski definition) is 3. The Hall–Kier alpha value is -13.3. The van der Waals surface area contributed by atoms with Crippen LogP contribution in [0.3, 0.4) is 0 Å². The second kappa shape index (κ2) is 57.2. The molecule has 0 bridgehead atoms. The van der Waals surface area contributed by atoms with Crippen LogP contribution in [0.5, 0.6) is 0 Å². The van der Waals surface area contributed by atoms with E-state index in [0.717, 1.165) is 108 Å². The zero-order valence-electron chi connectivity index (χ0n) is 89.4. The van der Waals surface area contributed by atoms with Crippen molar-refractivity contribution in [2.24, 2.45) is 14.1 Å². The molecule has 0 aliphatic rings. The normalized spacial score (nSPS) is 9.90. The maximum atomic E-state index is 4.84. The minimum absolute atomic E-state index is 0.873. The van der Waals surface area contributed by atoms with Gasteiger partial charge in [-0.15, -0.1) is 0 Å². The molecule has 716 valence electrons. The van der Waals surface area contributed by atoms with Crippen LogP contribution in [0.4, 0.5) is 0 Å². The molecule has 0 saturated carbocycles. The van der Waals surface area contributed by atoms with E-state index in [2.05, 4.69) is 291 Å². The molecule has 3 N–H and O–H groups in total. The molecule has 0 unspecified atom stereocenters. The molecule has 15 heterocycles. The number of hydrogen-bond acceptors (Lipinski definition) is 16. The minimum atomic E-state index is 0.873. The molecule has 0 aliphatic carbocycles. The summed E-state index contributed by atoms with van der Waals surface area (Å²) in [7, 11) is 3.84. The first kappa shape index (κ1) is 115. The fourth-order valence-corrected chi connectivity index (χ4v) is 12.7. The van der Waals surface area contributed by atoms with Gasteiger partial charge in [0.25, 0.3) is 0 Å². The van der Waals surface area contributed by atoms with E-state index in [1.54, 1.807) is 4.68 Å². The summed E-state index contributed by atoms with van der Waals surface area (Å²) >= 11 is 0. The van der Waals surface area contributed by atoms with Crippen LogP contribution >= 0.6 is 0 Å². The molecular formula is C113H157N19O2. The molecule has 17 aromatic rings. The van der Waals surface area contributed by atoms with Crippen molar-refractivity contribution in [3.8, 4) is 0 Å². The molecule has 21 heteroatoms. The Kier molecular flexibility index (Phi) is 49.0. The topological polar surface area (TPSA) is 264 Å². The number of nitrogens with zero attached hydrogens (tertiary/aromatic N) is 16. The monoisotopic (exact) mass is 1810 g/mol. The fraction of sp³-hybridized carbons (Fsp3) is 0.381. The molecule has 0 aliphatic heterocycles. The van der Waals surface area contributed by atoms with E-state index in [9.17, 15) is 0 Å². The first-order valence-electron chi connectivity index (χ1n) is 45.6. The van der Waals surface area contributed by atoms with Gasteiger partial charge in [-0.1, -0.05) is 46.7 Å². The molecule has 15 aromatic heterocycles. The van der Waals surface area contributed by atoms with E-state index in [0.29, 0.717) is 0 Å². The van der Waals surface area contributed by atoms with E-state index in [-0.39, 0.29) is 0 Å². The Balaban J connectivity index is 0.000000371. The highest BCUT2D eigenvalue weighted by Gasteiger charge is 2.09. The highest BCUT2D eigenvalue weighted by Crippen LogP contribution is 2.27. The molecule has 0 atom stereocenters. The number of aromatic nitrogens is 19. The van der Waals surface area contributed by atoms with Crippen LogP contribution in [0.1, 0.15) is 231 Å². The van der Waals surface area contributed by atoms with Gasteiger partial charge in [-0.2, -0.15) is 20.4 Å². The summed E-state index contributed by atoms with van der Waals surface area (Å²) in [6.07, 6.45) is 17.0. The number of rotatable bonds is 0. The van der Waals surface area contributed by atoms with E-state index in [4.69, 9.17) is 9.05 Å². The third kappa shape index (κ3) is 42.1. The van der Waals surface area contributed by atoms with Crippen LogP contribution in [0.2, 0.25) is 0 Å². The maximum absolute atomic E-state index is 4.84. The minimum Gasteiger partial charge on any atom is -0.361 e. The van der Waals surface area contributed by atoms with Crippen molar-refractivity contribution in [2.75, 3.05) is 0 Å². The summed E-state index contributed by atoms with van der Waals surface area (Å²) < 4.78 is 13.2. The lowest BCUT2D eigenvalue weighted by Crippen LogP contribution is -1.92. The molecule has 134 heavy (non-hydrogen) atoms. The fourth-order valence-electron chi connectivity index (χ4n) is 12.7. The Morgan fingerprint density at radius 3 is 1.23 bits per heavy atom. The first-order valence-corrected chi connectivity index (χ1v) is 45.6. The zero-order chi connectivity index (χ0) is 101. The van der Waals surface area contributed by atoms with Crippen LogP contribution in [0, 0.1) is 284 Å². The van der Waals surface area contributed by atoms with Gasteiger partial charge in [0.1, 0.15) is 11.5 Å². The summed E-state index contributed by atoms with van der Waals surface area (Å²) in [5.74, 6) is 1.79. The van der Waals surface area contributed by atoms with Crippen molar-refractivity contribution >= 4 is 21.8 Å².